The Morgan fingerprint density at radius 1 is 1.07 bits per heavy atom. The van der Waals surface area contributed by atoms with Crippen LogP contribution in [0.5, 0.6) is 0 Å². The molecule has 0 unspecified atom stereocenters. The lowest BCUT2D eigenvalue weighted by molar-refractivity contribution is 1.13. The van der Waals surface area contributed by atoms with Gasteiger partial charge in [-0.1, -0.05) is 18.2 Å². The van der Waals surface area contributed by atoms with Crippen LogP contribution in [0.4, 0.5) is 0 Å². The molecule has 0 amide bonds. The topological polar surface area (TPSA) is 12.9 Å². The van der Waals surface area contributed by atoms with Crippen molar-refractivity contribution < 1.29 is 0 Å². The molecule has 76 valence electrons. The molecule has 0 spiro atoms. The minimum atomic E-state index is 0.980. The van der Waals surface area contributed by atoms with Crippen LogP contribution in [0.15, 0.2) is 53.7 Å². The van der Waals surface area contributed by atoms with Crippen molar-refractivity contribution >= 4 is 34.4 Å². The number of benzene rings is 1. The SMILES string of the molecule is Ic1ccc(CSc2ccccn2)cc1. The zero-order valence-electron chi connectivity index (χ0n) is 8.06. The summed E-state index contributed by atoms with van der Waals surface area (Å²) in [6.07, 6.45) is 1.83. The monoisotopic (exact) mass is 327 g/mol. The third kappa shape index (κ3) is 3.50. The Kier molecular flexibility index (Phi) is 4.02. The molecule has 0 saturated carbocycles. The van der Waals surface area contributed by atoms with E-state index in [1.165, 1.54) is 9.13 Å². The molecule has 0 fully saturated rings. The lowest BCUT2D eigenvalue weighted by Gasteiger charge is -2.00. The van der Waals surface area contributed by atoms with Crippen LogP contribution in [-0.2, 0) is 5.75 Å². The summed E-state index contributed by atoms with van der Waals surface area (Å²) in [7, 11) is 0. The highest BCUT2D eigenvalue weighted by atomic mass is 127. The van der Waals surface area contributed by atoms with Crippen molar-refractivity contribution in [3.05, 3.63) is 57.8 Å². The minimum Gasteiger partial charge on any atom is -0.250 e. The van der Waals surface area contributed by atoms with E-state index < -0.39 is 0 Å². The van der Waals surface area contributed by atoms with Crippen molar-refractivity contribution in [2.75, 3.05) is 0 Å². The fourth-order valence-corrected chi connectivity index (χ4v) is 2.35. The van der Waals surface area contributed by atoms with Crippen molar-refractivity contribution in [3.63, 3.8) is 0 Å². The number of nitrogens with zero attached hydrogens (tertiary/aromatic N) is 1. The molecular weight excluding hydrogens is 317 g/mol. The summed E-state index contributed by atoms with van der Waals surface area (Å²) in [4.78, 5) is 4.27. The summed E-state index contributed by atoms with van der Waals surface area (Å²) < 4.78 is 1.28. The quantitative estimate of drug-likeness (QED) is 0.625. The summed E-state index contributed by atoms with van der Waals surface area (Å²) >= 11 is 4.08. The van der Waals surface area contributed by atoms with E-state index in [2.05, 4.69) is 51.8 Å². The van der Waals surface area contributed by atoms with Crippen LogP contribution in [0.3, 0.4) is 0 Å². The van der Waals surface area contributed by atoms with Crippen LogP contribution in [0.1, 0.15) is 5.56 Å². The zero-order chi connectivity index (χ0) is 10.5. The largest absolute Gasteiger partial charge is 0.250 e. The number of rotatable bonds is 3. The third-order valence-corrected chi connectivity index (χ3v) is 3.67. The minimum absolute atomic E-state index is 0.980. The van der Waals surface area contributed by atoms with E-state index in [-0.39, 0.29) is 0 Å². The maximum atomic E-state index is 4.27. The second-order valence-electron chi connectivity index (χ2n) is 3.08. The molecular formula is C12H10INS. The molecule has 2 aromatic rings. The smallest absolute Gasteiger partial charge is 0.0963 e. The van der Waals surface area contributed by atoms with E-state index in [4.69, 9.17) is 0 Å². The van der Waals surface area contributed by atoms with Gasteiger partial charge in [-0.15, -0.1) is 11.8 Å². The average Bonchev–Trinajstić information content (AvgIpc) is 2.30. The average molecular weight is 327 g/mol. The number of aromatic nitrogens is 1. The van der Waals surface area contributed by atoms with E-state index in [1.807, 2.05) is 24.4 Å². The highest BCUT2D eigenvalue weighted by Gasteiger charge is 1.96. The van der Waals surface area contributed by atoms with Crippen molar-refractivity contribution in [2.24, 2.45) is 0 Å². The third-order valence-electron chi connectivity index (χ3n) is 1.94. The van der Waals surface area contributed by atoms with E-state index in [0.29, 0.717) is 0 Å². The van der Waals surface area contributed by atoms with Crippen molar-refractivity contribution in [1.82, 2.24) is 4.98 Å². The van der Waals surface area contributed by atoms with E-state index in [0.717, 1.165) is 10.8 Å². The second kappa shape index (κ2) is 5.51. The number of halogens is 1. The van der Waals surface area contributed by atoms with Gasteiger partial charge in [0.1, 0.15) is 0 Å². The standard InChI is InChI=1S/C12H10INS/c13-11-6-4-10(5-7-11)9-15-12-3-1-2-8-14-12/h1-8H,9H2. The van der Waals surface area contributed by atoms with Gasteiger partial charge in [0.25, 0.3) is 0 Å². The molecule has 0 aliphatic rings. The fraction of sp³-hybridized carbons (Fsp3) is 0.0833. The van der Waals surface area contributed by atoms with Crippen LogP contribution in [0.2, 0.25) is 0 Å². The lowest BCUT2D eigenvalue weighted by atomic mass is 10.2. The molecule has 0 N–H and O–H groups in total. The summed E-state index contributed by atoms with van der Waals surface area (Å²) in [5.41, 5.74) is 1.34. The first-order valence-corrected chi connectivity index (χ1v) is 6.69. The van der Waals surface area contributed by atoms with Gasteiger partial charge < -0.3 is 0 Å². The fourth-order valence-electron chi connectivity index (χ4n) is 1.17. The molecule has 1 aromatic heterocycles. The first-order chi connectivity index (χ1) is 7.34. The van der Waals surface area contributed by atoms with Gasteiger partial charge in [0.15, 0.2) is 0 Å². The summed E-state index contributed by atoms with van der Waals surface area (Å²) in [6.45, 7) is 0. The van der Waals surface area contributed by atoms with Gasteiger partial charge in [-0.25, -0.2) is 4.98 Å². The predicted octanol–water partition coefficient (Wildman–Crippen LogP) is 3.98. The maximum absolute atomic E-state index is 4.27. The van der Waals surface area contributed by atoms with Crippen LogP contribution in [0, 0.1) is 3.57 Å². The summed E-state index contributed by atoms with van der Waals surface area (Å²) in [6, 6.07) is 14.6. The predicted molar refractivity (Wildman–Crippen MR) is 73.0 cm³/mol. The zero-order valence-corrected chi connectivity index (χ0v) is 11.0. The van der Waals surface area contributed by atoms with Crippen molar-refractivity contribution in [2.45, 2.75) is 10.8 Å². The molecule has 1 aromatic carbocycles. The van der Waals surface area contributed by atoms with Gasteiger partial charge in [-0.05, 0) is 52.4 Å². The molecule has 3 heteroatoms. The molecule has 2 rings (SSSR count). The summed E-state index contributed by atoms with van der Waals surface area (Å²) in [5.74, 6) is 0.980. The Balaban J connectivity index is 1.96. The molecule has 0 atom stereocenters. The van der Waals surface area contributed by atoms with Gasteiger partial charge in [-0.2, -0.15) is 0 Å². The molecule has 15 heavy (non-hydrogen) atoms. The van der Waals surface area contributed by atoms with Crippen LogP contribution in [-0.4, -0.2) is 4.98 Å². The van der Waals surface area contributed by atoms with Gasteiger partial charge in [-0.3, -0.25) is 0 Å². The normalized spacial score (nSPS) is 10.2. The van der Waals surface area contributed by atoms with Gasteiger partial charge in [0.05, 0.1) is 5.03 Å². The second-order valence-corrected chi connectivity index (χ2v) is 5.32. The van der Waals surface area contributed by atoms with E-state index >= 15 is 0 Å². The Hall–Kier alpha value is -0.550. The number of hydrogen-bond acceptors (Lipinski definition) is 2. The van der Waals surface area contributed by atoms with Crippen LogP contribution >= 0.6 is 34.4 Å². The van der Waals surface area contributed by atoms with Crippen LogP contribution in [0.25, 0.3) is 0 Å². The molecule has 0 aliphatic heterocycles. The van der Waals surface area contributed by atoms with E-state index in [9.17, 15) is 0 Å². The van der Waals surface area contributed by atoms with Crippen LogP contribution < -0.4 is 0 Å². The summed E-state index contributed by atoms with van der Waals surface area (Å²) in [5, 5.41) is 1.08. The molecule has 1 heterocycles. The number of pyridine rings is 1. The Bertz CT molecular complexity index is 413. The Morgan fingerprint density at radius 2 is 1.87 bits per heavy atom. The van der Waals surface area contributed by atoms with Gasteiger partial charge in [0.2, 0.25) is 0 Å². The molecule has 1 nitrogen and oxygen atoms in total. The Labute approximate surface area is 107 Å². The number of hydrogen-bond donors (Lipinski definition) is 0. The van der Waals surface area contributed by atoms with E-state index in [1.54, 1.807) is 11.8 Å². The van der Waals surface area contributed by atoms with Gasteiger partial charge >= 0.3 is 0 Å². The molecule has 0 bridgehead atoms. The molecule has 0 aliphatic carbocycles. The lowest BCUT2D eigenvalue weighted by Crippen LogP contribution is -1.82. The highest BCUT2D eigenvalue weighted by Crippen LogP contribution is 2.20. The molecule has 0 radical (unpaired) electrons. The first-order valence-electron chi connectivity index (χ1n) is 4.63. The van der Waals surface area contributed by atoms with Gasteiger partial charge in [0, 0.05) is 15.5 Å². The first kappa shape index (κ1) is 11.0. The van der Waals surface area contributed by atoms with Crippen molar-refractivity contribution in [1.29, 1.82) is 0 Å². The van der Waals surface area contributed by atoms with Crippen molar-refractivity contribution in [3.8, 4) is 0 Å². The highest BCUT2D eigenvalue weighted by molar-refractivity contribution is 14.1. The maximum Gasteiger partial charge on any atom is 0.0963 e. The number of thioether (sulfide) groups is 1. The Morgan fingerprint density at radius 3 is 2.53 bits per heavy atom. The molecule has 0 saturated heterocycles.